The van der Waals surface area contributed by atoms with E-state index < -0.39 is 0 Å². The highest BCUT2D eigenvalue weighted by Crippen LogP contribution is 2.17. The Morgan fingerprint density at radius 3 is 2.88 bits per heavy atom. The van der Waals surface area contributed by atoms with Crippen molar-refractivity contribution in [3.63, 3.8) is 0 Å². The Morgan fingerprint density at radius 1 is 1.31 bits per heavy atom. The molecule has 7 heteroatoms. The summed E-state index contributed by atoms with van der Waals surface area (Å²) in [5.74, 6) is 1.54. The van der Waals surface area contributed by atoms with Crippen LogP contribution >= 0.6 is 11.6 Å². The summed E-state index contributed by atoms with van der Waals surface area (Å²) in [5.41, 5.74) is 6.39. The molecular weight excluding hydrogens is 228 g/mol. The number of halogens is 1. The van der Waals surface area contributed by atoms with Crippen LogP contribution in [0.3, 0.4) is 0 Å². The zero-order valence-corrected chi connectivity index (χ0v) is 9.23. The SMILES string of the molecule is Cc1cnc(Cl)nc1Nc1cc(N)ncn1. The minimum Gasteiger partial charge on any atom is -0.384 e. The molecule has 0 aliphatic rings. The van der Waals surface area contributed by atoms with Gasteiger partial charge in [0.15, 0.2) is 0 Å². The van der Waals surface area contributed by atoms with Crippen LogP contribution in [0.25, 0.3) is 0 Å². The number of nitrogens with one attached hydrogen (secondary N) is 1. The molecule has 0 amide bonds. The maximum absolute atomic E-state index is 5.69. The van der Waals surface area contributed by atoms with Crippen molar-refractivity contribution in [1.29, 1.82) is 0 Å². The van der Waals surface area contributed by atoms with Crippen molar-refractivity contribution >= 4 is 29.1 Å². The highest BCUT2D eigenvalue weighted by molar-refractivity contribution is 6.28. The topological polar surface area (TPSA) is 89.6 Å². The molecule has 0 bridgehead atoms. The van der Waals surface area contributed by atoms with Crippen LogP contribution in [0.2, 0.25) is 5.28 Å². The fraction of sp³-hybridized carbons (Fsp3) is 0.111. The third-order valence-electron chi connectivity index (χ3n) is 1.88. The summed E-state index contributed by atoms with van der Waals surface area (Å²) < 4.78 is 0. The van der Waals surface area contributed by atoms with E-state index in [4.69, 9.17) is 17.3 Å². The Morgan fingerprint density at radius 2 is 2.12 bits per heavy atom. The van der Waals surface area contributed by atoms with Crippen LogP contribution in [0.4, 0.5) is 17.5 Å². The van der Waals surface area contributed by atoms with E-state index in [1.165, 1.54) is 6.33 Å². The molecule has 82 valence electrons. The van der Waals surface area contributed by atoms with Gasteiger partial charge in [0.05, 0.1) is 0 Å². The molecule has 6 nitrogen and oxygen atoms in total. The van der Waals surface area contributed by atoms with E-state index in [1.807, 2.05) is 6.92 Å². The lowest BCUT2D eigenvalue weighted by Crippen LogP contribution is -2.01. The van der Waals surface area contributed by atoms with Crippen LogP contribution in [0.15, 0.2) is 18.6 Å². The molecule has 16 heavy (non-hydrogen) atoms. The highest BCUT2D eigenvalue weighted by atomic mass is 35.5. The highest BCUT2D eigenvalue weighted by Gasteiger charge is 2.03. The predicted octanol–water partition coefficient (Wildman–Crippen LogP) is 1.55. The number of rotatable bonds is 2. The van der Waals surface area contributed by atoms with Gasteiger partial charge in [0, 0.05) is 17.8 Å². The molecule has 0 fully saturated rings. The average molecular weight is 237 g/mol. The summed E-state index contributed by atoms with van der Waals surface area (Å²) in [7, 11) is 0. The lowest BCUT2D eigenvalue weighted by molar-refractivity contribution is 1.11. The largest absolute Gasteiger partial charge is 0.384 e. The molecule has 2 rings (SSSR count). The van der Waals surface area contributed by atoms with Gasteiger partial charge in [0.2, 0.25) is 5.28 Å². The molecule has 3 N–H and O–H groups in total. The molecule has 0 saturated heterocycles. The molecule has 0 saturated carbocycles. The zero-order valence-electron chi connectivity index (χ0n) is 8.48. The van der Waals surface area contributed by atoms with E-state index >= 15 is 0 Å². The quantitative estimate of drug-likeness (QED) is 0.769. The van der Waals surface area contributed by atoms with Crippen molar-refractivity contribution in [3.05, 3.63) is 29.4 Å². The third kappa shape index (κ3) is 2.34. The monoisotopic (exact) mass is 236 g/mol. The van der Waals surface area contributed by atoms with Gasteiger partial charge in [-0.2, -0.15) is 0 Å². The van der Waals surface area contributed by atoms with Crippen molar-refractivity contribution in [3.8, 4) is 0 Å². The first-order chi connectivity index (χ1) is 7.65. The molecule has 2 heterocycles. The van der Waals surface area contributed by atoms with Crippen LogP contribution < -0.4 is 11.1 Å². The Bertz CT molecular complexity index is 515. The lowest BCUT2D eigenvalue weighted by atomic mass is 10.3. The predicted molar refractivity (Wildman–Crippen MR) is 61.5 cm³/mol. The van der Waals surface area contributed by atoms with Gasteiger partial charge >= 0.3 is 0 Å². The van der Waals surface area contributed by atoms with Crippen molar-refractivity contribution < 1.29 is 0 Å². The van der Waals surface area contributed by atoms with E-state index in [0.717, 1.165) is 5.56 Å². The number of nitrogen functional groups attached to an aromatic ring is 1. The van der Waals surface area contributed by atoms with Crippen LogP contribution in [0.1, 0.15) is 5.56 Å². The summed E-state index contributed by atoms with van der Waals surface area (Å²) >= 11 is 5.69. The summed E-state index contributed by atoms with van der Waals surface area (Å²) in [6.45, 7) is 1.86. The Hall–Kier alpha value is -1.95. The number of nitrogens with zero attached hydrogens (tertiary/aromatic N) is 4. The lowest BCUT2D eigenvalue weighted by Gasteiger charge is -2.07. The summed E-state index contributed by atoms with van der Waals surface area (Å²) in [6, 6.07) is 1.61. The van der Waals surface area contributed by atoms with Crippen LogP contribution in [-0.2, 0) is 0 Å². The molecule has 0 aromatic carbocycles. The molecule has 2 aromatic heterocycles. The zero-order chi connectivity index (χ0) is 11.5. The smallest absolute Gasteiger partial charge is 0.224 e. The van der Waals surface area contributed by atoms with Gasteiger partial charge in [-0.25, -0.2) is 19.9 Å². The second-order valence-corrected chi connectivity index (χ2v) is 3.46. The van der Waals surface area contributed by atoms with Gasteiger partial charge in [-0.15, -0.1) is 0 Å². The van der Waals surface area contributed by atoms with Crippen molar-refractivity contribution in [2.75, 3.05) is 11.1 Å². The fourth-order valence-electron chi connectivity index (χ4n) is 1.11. The number of anilines is 3. The maximum atomic E-state index is 5.69. The molecule has 0 unspecified atom stereocenters. The Balaban J connectivity index is 2.30. The maximum Gasteiger partial charge on any atom is 0.224 e. The first-order valence-corrected chi connectivity index (χ1v) is 4.86. The number of nitrogens with two attached hydrogens (primary N) is 1. The van der Waals surface area contributed by atoms with Gasteiger partial charge in [-0.05, 0) is 18.5 Å². The molecular formula is C9H9ClN6. The van der Waals surface area contributed by atoms with E-state index in [2.05, 4.69) is 25.3 Å². The summed E-state index contributed by atoms with van der Waals surface area (Å²) in [5, 5.41) is 3.16. The van der Waals surface area contributed by atoms with Crippen molar-refractivity contribution in [2.45, 2.75) is 6.92 Å². The standard InChI is InChI=1S/C9H9ClN6/c1-5-3-12-9(10)16-8(5)15-7-2-6(11)13-4-14-7/h2-4H,1H3,(H3,11,12,13,14,15,16). The third-order valence-corrected chi connectivity index (χ3v) is 2.06. The van der Waals surface area contributed by atoms with Gasteiger partial charge in [-0.1, -0.05) is 0 Å². The van der Waals surface area contributed by atoms with Crippen molar-refractivity contribution in [1.82, 2.24) is 19.9 Å². The molecule has 2 aromatic rings. The van der Waals surface area contributed by atoms with Crippen LogP contribution in [-0.4, -0.2) is 19.9 Å². The second-order valence-electron chi connectivity index (χ2n) is 3.12. The Labute approximate surface area is 96.9 Å². The first kappa shape index (κ1) is 10.6. The van der Waals surface area contributed by atoms with Gasteiger partial charge < -0.3 is 11.1 Å². The van der Waals surface area contributed by atoms with Gasteiger partial charge in [0.25, 0.3) is 0 Å². The molecule has 0 aliphatic heterocycles. The number of aryl methyl sites for hydroxylation is 1. The van der Waals surface area contributed by atoms with E-state index in [0.29, 0.717) is 17.5 Å². The normalized spacial score (nSPS) is 10.1. The van der Waals surface area contributed by atoms with Crippen LogP contribution in [0, 0.1) is 6.92 Å². The summed E-state index contributed by atoms with van der Waals surface area (Å²) in [6.07, 6.45) is 3.00. The fourth-order valence-corrected chi connectivity index (χ4v) is 1.24. The Kier molecular flexibility index (Phi) is 2.82. The number of hydrogen-bond acceptors (Lipinski definition) is 6. The molecule has 0 aliphatic carbocycles. The minimum absolute atomic E-state index is 0.176. The van der Waals surface area contributed by atoms with E-state index in [-0.39, 0.29) is 5.28 Å². The van der Waals surface area contributed by atoms with E-state index in [9.17, 15) is 0 Å². The van der Waals surface area contributed by atoms with Gasteiger partial charge in [0.1, 0.15) is 23.8 Å². The summed E-state index contributed by atoms with van der Waals surface area (Å²) in [4.78, 5) is 15.7. The van der Waals surface area contributed by atoms with Gasteiger partial charge in [-0.3, -0.25) is 0 Å². The molecule has 0 radical (unpaired) electrons. The number of aromatic nitrogens is 4. The first-order valence-electron chi connectivity index (χ1n) is 4.49. The minimum atomic E-state index is 0.176. The second kappa shape index (κ2) is 4.28. The van der Waals surface area contributed by atoms with Crippen LogP contribution in [0.5, 0.6) is 0 Å². The molecule has 0 spiro atoms. The average Bonchev–Trinajstić information content (AvgIpc) is 2.24. The molecule has 0 atom stereocenters. The van der Waals surface area contributed by atoms with Crippen molar-refractivity contribution in [2.24, 2.45) is 0 Å². The number of hydrogen-bond donors (Lipinski definition) is 2. The van der Waals surface area contributed by atoms with E-state index in [1.54, 1.807) is 12.3 Å².